The first-order valence-corrected chi connectivity index (χ1v) is 8.93. The monoisotopic (exact) mass is 388 g/mol. The van der Waals surface area contributed by atoms with Crippen LogP contribution in [0.2, 0.25) is 0 Å². The highest BCUT2D eigenvalue weighted by atomic mass is 79.9. The van der Waals surface area contributed by atoms with E-state index in [-0.39, 0.29) is 12.5 Å². The molecule has 1 aliphatic rings. The van der Waals surface area contributed by atoms with E-state index in [1.807, 2.05) is 41.3 Å². The standard InChI is InChI=1S/C19H21BrN2O2/c20-18-9-5-4-6-16(18)14-21-10-12-22(13-11-21)19(23)15-24-17-7-2-1-3-8-17/h1-9H,10-15H2. The Morgan fingerprint density at radius 1 is 0.958 bits per heavy atom. The average Bonchev–Trinajstić information content (AvgIpc) is 2.63. The van der Waals surface area contributed by atoms with Crippen LogP contribution in [0.15, 0.2) is 59.1 Å². The molecule has 24 heavy (non-hydrogen) atoms. The van der Waals surface area contributed by atoms with E-state index in [2.05, 4.69) is 39.0 Å². The molecule has 1 amide bonds. The number of piperazine rings is 1. The van der Waals surface area contributed by atoms with Gasteiger partial charge < -0.3 is 9.64 Å². The van der Waals surface area contributed by atoms with Crippen LogP contribution in [-0.4, -0.2) is 48.5 Å². The Balaban J connectivity index is 1.44. The molecule has 1 saturated heterocycles. The van der Waals surface area contributed by atoms with Gasteiger partial charge in [-0.2, -0.15) is 0 Å². The fourth-order valence-corrected chi connectivity index (χ4v) is 3.19. The van der Waals surface area contributed by atoms with Crippen molar-refractivity contribution in [2.45, 2.75) is 6.54 Å². The molecule has 4 nitrogen and oxygen atoms in total. The third-order valence-electron chi connectivity index (χ3n) is 4.18. The van der Waals surface area contributed by atoms with Gasteiger partial charge in [-0.05, 0) is 23.8 Å². The Bertz CT molecular complexity index is 670. The van der Waals surface area contributed by atoms with Crippen molar-refractivity contribution < 1.29 is 9.53 Å². The number of carbonyl (C=O) groups excluding carboxylic acids is 1. The zero-order valence-corrected chi connectivity index (χ0v) is 15.1. The number of nitrogens with zero attached hydrogens (tertiary/aromatic N) is 2. The van der Waals surface area contributed by atoms with Crippen LogP contribution in [0, 0.1) is 0 Å². The first-order valence-electron chi connectivity index (χ1n) is 8.14. The van der Waals surface area contributed by atoms with Crippen LogP contribution < -0.4 is 4.74 Å². The first-order chi connectivity index (χ1) is 11.7. The molecule has 0 saturated carbocycles. The number of benzene rings is 2. The molecule has 0 aromatic heterocycles. The zero-order chi connectivity index (χ0) is 16.8. The van der Waals surface area contributed by atoms with Gasteiger partial charge in [0.25, 0.3) is 5.91 Å². The Morgan fingerprint density at radius 3 is 2.33 bits per heavy atom. The van der Waals surface area contributed by atoms with E-state index in [4.69, 9.17) is 4.74 Å². The topological polar surface area (TPSA) is 32.8 Å². The number of hydrogen-bond donors (Lipinski definition) is 0. The van der Waals surface area contributed by atoms with Crippen molar-refractivity contribution in [2.75, 3.05) is 32.8 Å². The summed E-state index contributed by atoms with van der Waals surface area (Å²) < 4.78 is 6.69. The number of halogens is 1. The van der Waals surface area contributed by atoms with Gasteiger partial charge in [0.1, 0.15) is 5.75 Å². The van der Waals surface area contributed by atoms with Gasteiger partial charge in [-0.3, -0.25) is 9.69 Å². The van der Waals surface area contributed by atoms with E-state index in [9.17, 15) is 4.79 Å². The summed E-state index contributed by atoms with van der Waals surface area (Å²) in [5.41, 5.74) is 1.28. The summed E-state index contributed by atoms with van der Waals surface area (Å²) in [6.07, 6.45) is 0. The van der Waals surface area contributed by atoms with Crippen LogP contribution in [0.4, 0.5) is 0 Å². The highest BCUT2D eigenvalue weighted by Gasteiger charge is 2.21. The highest BCUT2D eigenvalue weighted by molar-refractivity contribution is 9.10. The third-order valence-corrected chi connectivity index (χ3v) is 4.96. The molecule has 3 rings (SSSR count). The summed E-state index contributed by atoms with van der Waals surface area (Å²) in [7, 11) is 0. The summed E-state index contributed by atoms with van der Waals surface area (Å²) >= 11 is 3.59. The molecular weight excluding hydrogens is 368 g/mol. The predicted octanol–water partition coefficient (Wildman–Crippen LogP) is 3.17. The van der Waals surface area contributed by atoms with Crippen molar-refractivity contribution in [3.05, 3.63) is 64.6 Å². The van der Waals surface area contributed by atoms with Crippen LogP contribution >= 0.6 is 15.9 Å². The fourth-order valence-electron chi connectivity index (χ4n) is 2.78. The third kappa shape index (κ3) is 4.58. The van der Waals surface area contributed by atoms with Gasteiger partial charge in [0.15, 0.2) is 6.61 Å². The molecule has 0 atom stereocenters. The SMILES string of the molecule is O=C(COc1ccccc1)N1CCN(Cc2ccccc2Br)CC1. The number of para-hydroxylation sites is 1. The van der Waals surface area contributed by atoms with Gasteiger partial charge in [0, 0.05) is 37.2 Å². The van der Waals surface area contributed by atoms with E-state index in [1.54, 1.807) is 0 Å². The Morgan fingerprint density at radius 2 is 1.62 bits per heavy atom. The number of hydrogen-bond acceptors (Lipinski definition) is 3. The minimum Gasteiger partial charge on any atom is -0.484 e. The smallest absolute Gasteiger partial charge is 0.260 e. The second kappa shape index (κ2) is 8.31. The van der Waals surface area contributed by atoms with E-state index >= 15 is 0 Å². The molecule has 126 valence electrons. The van der Waals surface area contributed by atoms with E-state index in [1.165, 1.54) is 5.56 Å². The summed E-state index contributed by atoms with van der Waals surface area (Å²) in [5.74, 6) is 0.790. The van der Waals surface area contributed by atoms with Crippen LogP contribution in [0.5, 0.6) is 5.75 Å². The zero-order valence-electron chi connectivity index (χ0n) is 13.5. The molecule has 5 heteroatoms. The van der Waals surface area contributed by atoms with Crippen LogP contribution in [0.1, 0.15) is 5.56 Å². The van der Waals surface area contributed by atoms with E-state index < -0.39 is 0 Å². The number of ether oxygens (including phenoxy) is 1. The maximum Gasteiger partial charge on any atom is 0.260 e. The molecular formula is C19H21BrN2O2. The molecule has 0 aliphatic carbocycles. The number of rotatable bonds is 5. The van der Waals surface area contributed by atoms with Crippen molar-refractivity contribution >= 4 is 21.8 Å². The quantitative estimate of drug-likeness (QED) is 0.788. The molecule has 1 aliphatic heterocycles. The molecule has 2 aromatic carbocycles. The van der Waals surface area contributed by atoms with Crippen molar-refractivity contribution in [3.8, 4) is 5.75 Å². The summed E-state index contributed by atoms with van der Waals surface area (Å²) in [5, 5.41) is 0. The van der Waals surface area contributed by atoms with Gasteiger partial charge in [-0.1, -0.05) is 52.3 Å². The lowest BCUT2D eigenvalue weighted by Crippen LogP contribution is -2.49. The molecule has 0 bridgehead atoms. The summed E-state index contributed by atoms with van der Waals surface area (Å²) in [6, 6.07) is 17.7. The van der Waals surface area contributed by atoms with Crippen molar-refractivity contribution in [2.24, 2.45) is 0 Å². The minimum absolute atomic E-state index is 0.0550. The van der Waals surface area contributed by atoms with Gasteiger partial charge in [-0.15, -0.1) is 0 Å². The maximum absolute atomic E-state index is 12.3. The van der Waals surface area contributed by atoms with Crippen LogP contribution in [-0.2, 0) is 11.3 Å². The molecule has 0 radical (unpaired) electrons. The normalized spacial score (nSPS) is 15.3. The minimum atomic E-state index is 0.0550. The largest absolute Gasteiger partial charge is 0.484 e. The summed E-state index contributed by atoms with van der Waals surface area (Å²) in [4.78, 5) is 16.5. The van der Waals surface area contributed by atoms with Crippen molar-refractivity contribution in [1.82, 2.24) is 9.80 Å². The number of carbonyl (C=O) groups is 1. The molecule has 1 fully saturated rings. The van der Waals surface area contributed by atoms with E-state index in [0.29, 0.717) is 0 Å². The Labute approximate surface area is 151 Å². The van der Waals surface area contributed by atoms with Gasteiger partial charge in [-0.25, -0.2) is 0 Å². The maximum atomic E-state index is 12.3. The van der Waals surface area contributed by atoms with Gasteiger partial charge in [0.2, 0.25) is 0 Å². The molecule has 2 aromatic rings. The van der Waals surface area contributed by atoms with Crippen molar-refractivity contribution in [1.29, 1.82) is 0 Å². The second-order valence-corrected chi connectivity index (χ2v) is 6.70. The van der Waals surface area contributed by atoms with Gasteiger partial charge in [0.05, 0.1) is 0 Å². The molecule has 1 heterocycles. The Kier molecular flexibility index (Phi) is 5.88. The lowest BCUT2D eigenvalue weighted by molar-refractivity contribution is -0.135. The Hall–Kier alpha value is -1.85. The predicted molar refractivity (Wildman–Crippen MR) is 97.9 cm³/mol. The van der Waals surface area contributed by atoms with Crippen LogP contribution in [0.3, 0.4) is 0 Å². The molecule has 0 unspecified atom stereocenters. The second-order valence-electron chi connectivity index (χ2n) is 5.85. The summed E-state index contributed by atoms with van der Waals surface area (Å²) in [6.45, 7) is 4.29. The first kappa shape index (κ1) is 17.0. The lowest BCUT2D eigenvalue weighted by Gasteiger charge is -2.34. The van der Waals surface area contributed by atoms with Crippen molar-refractivity contribution in [3.63, 3.8) is 0 Å². The molecule has 0 N–H and O–H groups in total. The van der Waals surface area contributed by atoms with Gasteiger partial charge >= 0.3 is 0 Å². The fraction of sp³-hybridized carbons (Fsp3) is 0.316. The van der Waals surface area contributed by atoms with E-state index in [0.717, 1.165) is 42.9 Å². The number of amides is 1. The molecule has 0 spiro atoms. The lowest BCUT2D eigenvalue weighted by atomic mass is 10.2. The highest BCUT2D eigenvalue weighted by Crippen LogP contribution is 2.18. The van der Waals surface area contributed by atoms with Crippen LogP contribution in [0.25, 0.3) is 0 Å². The average molecular weight is 389 g/mol.